The average molecular weight is 1270 g/mol. The smallest absolute Gasteiger partial charge is 0.456 e. The van der Waals surface area contributed by atoms with Gasteiger partial charge in [-0.3, -0.25) is 18.7 Å². The zero-order valence-corrected chi connectivity index (χ0v) is 51.7. The normalized spacial score (nSPS) is 19.2. The number of halogens is 4. The quantitative estimate of drug-likeness (QED) is 0.0167. The number of carbonyl (C=O) groups is 2. The Bertz CT molecular complexity index is 3840. The summed E-state index contributed by atoms with van der Waals surface area (Å²) < 4.78 is 62.9. The van der Waals surface area contributed by atoms with Crippen LogP contribution in [-0.4, -0.2) is 103 Å². The van der Waals surface area contributed by atoms with Crippen LogP contribution >= 0.6 is 69.9 Å². The van der Waals surface area contributed by atoms with Crippen molar-refractivity contribution in [2.75, 3.05) is 50.5 Å². The van der Waals surface area contributed by atoms with Gasteiger partial charge in [0.15, 0.2) is 5.54 Å². The Labute approximate surface area is 492 Å². The van der Waals surface area contributed by atoms with Crippen molar-refractivity contribution in [3.63, 3.8) is 0 Å². The third kappa shape index (κ3) is 13.2. The first-order chi connectivity index (χ1) is 38.2. The van der Waals surface area contributed by atoms with Gasteiger partial charge in [-0.05, 0) is 90.2 Å². The predicted octanol–water partition coefficient (Wildman–Crippen LogP) is 8.56. The van der Waals surface area contributed by atoms with E-state index in [9.17, 15) is 33.1 Å². The minimum atomic E-state index is -5.73. The van der Waals surface area contributed by atoms with Crippen molar-refractivity contribution >= 4 is 110 Å². The summed E-state index contributed by atoms with van der Waals surface area (Å²) >= 11 is 28.3. The summed E-state index contributed by atoms with van der Waals surface area (Å²) in [6.07, 6.45) is 4.23. The molecule has 4 aliphatic rings. The number of ether oxygens (including phenoxy) is 2. The minimum absolute atomic E-state index is 0.00464. The van der Waals surface area contributed by atoms with E-state index in [2.05, 4.69) is 124 Å². The van der Waals surface area contributed by atoms with Crippen molar-refractivity contribution in [2.24, 2.45) is 0 Å². The largest absolute Gasteiger partial charge is 0.490 e. The third-order valence-electron chi connectivity index (χ3n) is 14.3. The molecule has 0 bridgehead atoms. The Kier molecular flexibility index (Phi) is 18.4. The number of hydrogen-bond donors (Lipinski definition) is 6. The van der Waals surface area contributed by atoms with Crippen molar-refractivity contribution in [1.29, 1.82) is 0 Å². The van der Waals surface area contributed by atoms with Crippen molar-refractivity contribution in [3.05, 3.63) is 117 Å². The maximum atomic E-state index is 15.1. The van der Waals surface area contributed by atoms with Crippen LogP contribution in [0.1, 0.15) is 125 Å². The Hall–Kier alpha value is -4.88. The van der Waals surface area contributed by atoms with Gasteiger partial charge in [0.1, 0.15) is 30.1 Å². The molecule has 82 heavy (non-hydrogen) atoms. The number of nitrogen functional groups attached to an aromatic ring is 1. The third-order valence-corrected chi connectivity index (χ3v) is 19.9. The highest BCUT2D eigenvalue weighted by Gasteiger charge is 2.43. The van der Waals surface area contributed by atoms with E-state index in [-0.39, 0.29) is 92.4 Å². The Morgan fingerprint density at radius 2 is 1.60 bits per heavy atom. The maximum absolute atomic E-state index is 15.1. The van der Waals surface area contributed by atoms with E-state index in [1.165, 1.54) is 11.1 Å². The SMILES string of the molecule is CCN1c2cc3c(cc2C(C)=CC1(C)C)C(c1c(Cl)c(Cl)c(Cl)c(Cl)c1C(=O)N(C)CCCC(=O)NCC#Cc1cn([C@H]2CC[C@@H](COP(=O)(O)OP(=O)(O)OP(=O)(O)O)O2)c(=O)nc1N)=c1cc2c(cc1O3)=[N+](CC)C(C)(C)C=C2C. The first-order valence-corrected chi connectivity index (χ1v) is 31.8. The highest BCUT2D eigenvalue weighted by atomic mass is 35.5. The van der Waals surface area contributed by atoms with Gasteiger partial charge in [0.05, 0.1) is 62.1 Å². The molecule has 440 valence electrons. The molecule has 1 fully saturated rings. The van der Waals surface area contributed by atoms with Gasteiger partial charge < -0.3 is 49.9 Å². The summed E-state index contributed by atoms with van der Waals surface area (Å²) in [7, 11) is -15.2. The fourth-order valence-electron chi connectivity index (χ4n) is 10.9. The molecule has 1 saturated heterocycles. The molecule has 7 N–H and O–H groups in total. The second kappa shape index (κ2) is 23.9. The molecule has 4 aliphatic heterocycles. The molecule has 4 aromatic rings. The molecule has 5 heterocycles. The predicted molar refractivity (Wildman–Crippen MR) is 313 cm³/mol. The first-order valence-electron chi connectivity index (χ1n) is 25.7. The molecule has 0 aliphatic carbocycles. The highest BCUT2D eigenvalue weighted by molar-refractivity contribution is 7.66. The van der Waals surface area contributed by atoms with Gasteiger partial charge in [-0.25, -0.2) is 23.1 Å². The number of nitrogens with two attached hydrogens (primary N) is 1. The van der Waals surface area contributed by atoms with Crippen LogP contribution in [0, 0.1) is 11.8 Å². The topological polar surface area (TPSA) is 295 Å². The molecule has 4 atom stereocenters. The number of hydrogen-bond acceptors (Lipinski definition) is 14. The summed E-state index contributed by atoms with van der Waals surface area (Å²) in [4.78, 5) is 85.3. The number of phosphoric acid groups is 3. The molecule has 8 rings (SSSR count). The summed E-state index contributed by atoms with van der Waals surface area (Å²) in [6.45, 7) is 17.7. The Balaban J connectivity index is 1.01. The van der Waals surface area contributed by atoms with Crippen LogP contribution in [0.15, 0.2) is 47.4 Å². The standard InChI is InChI=1S/C53H60Cl4N7O15P3/c1-10-63-36-22-38-34(20-32(36)28(3)24-52(63,5)6)42(35-21-33-29(4)25-53(7,8)64(11-2)37(33)23-39(35)77-38)43-44(46(55)48(57)47(56)45(43)54)50(66)61(9)19-13-15-40(65)59-18-12-14-30-26-62(51(67)60-49(30)58)41-17-16-31(76-41)27-75-81(71,72)79-82(73,74)78-80(68,69)70/h20-26,31,41H,10-11,13,15-19,27H2,1-9H3,(H6-,58,59,60,65,67,68,69,70,71,72,73,74)/p+1/t31-,41+/m0/s1. The van der Waals surface area contributed by atoms with Crippen LogP contribution in [0.4, 0.5) is 11.5 Å². The molecular weight excluding hydrogens is 1210 g/mol. The fraction of sp³-hybridized carbons (Fsp3) is 0.415. The lowest BCUT2D eigenvalue weighted by Gasteiger charge is -2.43. The summed E-state index contributed by atoms with van der Waals surface area (Å²) in [5, 5.41) is 4.09. The number of benzene rings is 3. The van der Waals surface area contributed by atoms with Gasteiger partial charge in [0, 0.05) is 91.4 Å². The van der Waals surface area contributed by atoms with Gasteiger partial charge in [0.25, 0.3) is 5.91 Å². The summed E-state index contributed by atoms with van der Waals surface area (Å²) in [5.74, 6) is 5.45. The number of phosphoric ester groups is 1. The number of aromatic nitrogens is 2. The van der Waals surface area contributed by atoms with Gasteiger partial charge in [-0.1, -0.05) is 64.3 Å². The van der Waals surface area contributed by atoms with E-state index in [1.807, 2.05) is 12.1 Å². The zero-order valence-electron chi connectivity index (χ0n) is 46.0. The Morgan fingerprint density at radius 1 is 0.915 bits per heavy atom. The molecule has 3 aromatic carbocycles. The second-order valence-corrected chi connectivity index (χ2v) is 26.9. The van der Waals surface area contributed by atoms with Crippen molar-refractivity contribution in [3.8, 4) is 23.3 Å². The van der Waals surface area contributed by atoms with Gasteiger partial charge in [0.2, 0.25) is 11.3 Å². The van der Waals surface area contributed by atoms with E-state index in [1.54, 1.807) is 7.05 Å². The maximum Gasteiger partial charge on any atom is 0.490 e. The highest BCUT2D eigenvalue weighted by Crippen LogP contribution is 2.66. The van der Waals surface area contributed by atoms with Gasteiger partial charge in [-0.2, -0.15) is 13.6 Å². The van der Waals surface area contributed by atoms with Crippen LogP contribution < -0.4 is 41.5 Å². The number of carbonyl (C=O) groups excluding carboxylic acids is 2. The van der Waals surface area contributed by atoms with Crippen LogP contribution in [0.5, 0.6) is 11.5 Å². The monoisotopic (exact) mass is 1270 g/mol. The average Bonchev–Trinajstić information content (AvgIpc) is 1.19. The molecule has 2 amide bonds. The molecule has 22 nitrogen and oxygen atoms in total. The molecule has 0 spiro atoms. The second-order valence-electron chi connectivity index (χ2n) is 21.0. The summed E-state index contributed by atoms with van der Waals surface area (Å²) in [5.41, 5.74) is 11.2. The fourth-order valence-corrected chi connectivity index (χ4v) is 15.0. The van der Waals surface area contributed by atoms with E-state index in [0.29, 0.717) is 27.9 Å². The van der Waals surface area contributed by atoms with E-state index < -0.39 is 59.9 Å². The molecular formula is C53H61Cl4N7O15P3+. The van der Waals surface area contributed by atoms with Crippen LogP contribution in [0.2, 0.25) is 20.1 Å². The number of allylic oxidation sites excluding steroid dienone is 2. The van der Waals surface area contributed by atoms with Crippen molar-refractivity contribution in [1.82, 2.24) is 24.3 Å². The molecule has 2 unspecified atom stereocenters. The number of anilines is 2. The molecule has 29 heteroatoms. The summed E-state index contributed by atoms with van der Waals surface area (Å²) in [6, 6.07) is 8.22. The first kappa shape index (κ1) is 63.1. The molecule has 1 aromatic heterocycles. The van der Waals surface area contributed by atoms with Gasteiger partial charge >= 0.3 is 29.2 Å². The lowest BCUT2D eigenvalue weighted by atomic mass is 9.83. The van der Waals surface area contributed by atoms with Crippen molar-refractivity contribution in [2.45, 2.75) is 104 Å². The zero-order chi connectivity index (χ0) is 60.3. The Morgan fingerprint density at radius 3 is 2.27 bits per heavy atom. The number of rotatable bonds is 17. The number of amides is 2. The van der Waals surface area contributed by atoms with Crippen molar-refractivity contribution < 1.29 is 65.5 Å². The van der Waals surface area contributed by atoms with Crippen LogP contribution in [-0.2, 0) is 36.4 Å². The van der Waals surface area contributed by atoms with Crippen LogP contribution in [0.25, 0.3) is 16.7 Å². The van der Waals surface area contributed by atoms with E-state index in [0.717, 1.165) is 51.0 Å². The van der Waals surface area contributed by atoms with Crippen LogP contribution in [0.3, 0.4) is 0 Å². The number of fused-ring (bicyclic) bond motifs is 4. The number of nitrogens with one attached hydrogen (secondary N) is 1. The lowest BCUT2D eigenvalue weighted by molar-refractivity contribution is -0.121. The number of nitrogens with zero attached hydrogens (tertiary/aromatic N) is 5. The number of likely N-dealkylation sites (N-methyl/N-ethyl adjacent to an activating group) is 2. The lowest BCUT2D eigenvalue weighted by Crippen LogP contribution is -2.49. The molecule has 0 saturated carbocycles. The van der Waals surface area contributed by atoms with E-state index >= 15 is 4.79 Å². The minimum Gasteiger partial charge on any atom is -0.456 e. The van der Waals surface area contributed by atoms with E-state index in [4.69, 9.17) is 71.4 Å². The van der Waals surface area contributed by atoms with Gasteiger partial charge in [-0.15, -0.1) is 0 Å². The molecule has 0 radical (unpaired) electrons.